The molecule has 89 heavy (non-hydrogen) atoms. The molecule has 1 fully saturated rings. The number of aliphatic hydroxyl groups is 1. The van der Waals surface area contributed by atoms with Crippen molar-refractivity contribution in [2.24, 2.45) is 60.1 Å². The third kappa shape index (κ3) is 16.9. The Hall–Kier alpha value is -6.88. The SMILES string of the molecule is COC(=O)CC[C@@H]1C2=NC(=C\C3=NC(=C(/C)C4=N[C@@](C)(C5[N-]/C(=C\2C)[C@](C)(CCC(=O)OC)[C@H]5CC(=O)OC)[C@@](C)(CC(=O)OC)[C@@H]4CCC(=O)OC)/[C@@](C)(CC(=O)NCCOCCOCCNC(=O)[C@@H](C)N)[C@]3(O)CCC(=O)OC)/C1(C)C.[C-]#N.[C-]#N.[Co+3]. The Kier molecular flexibility index (Phi) is 29.7. The average Bonchev–Trinajstić information content (AvgIpc) is 1.57. The quantitative estimate of drug-likeness (QED) is 0.0344. The first-order valence-corrected chi connectivity index (χ1v) is 29.1. The van der Waals surface area contributed by atoms with Crippen LogP contribution in [0, 0.1) is 63.1 Å². The molecule has 0 aromatic heterocycles. The predicted octanol–water partition coefficient (Wildman–Crippen LogP) is 5.07. The van der Waals surface area contributed by atoms with Crippen molar-refractivity contribution >= 4 is 64.8 Å². The van der Waals surface area contributed by atoms with E-state index in [-0.39, 0.29) is 138 Å². The molecule has 5 heterocycles. The molecule has 0 aliphatic carbocycles. The van der Waals surface area contributed by atoms with Crippen LogP contribution in [0.1, 0.15) is 133 Å². The Balaban J connectivity index is 0.00000529. The molecule has 494 valence electrons. The molecule has 0 aromatic carbocycles. The number of esters is 6. The van der Waals surface area contributed by atoms with Crippen LogP contribution in [0.15, 0.2) is 49.3 Å². The average molecular weight is 1290 g/mol. The molecule has 5 N–H and O–H groups in total. The zero-order chi connectivity index (χ0) is 66.8. The number of methoxy groups -OCH3 is 6. The third-order valence-corrected chi connectivity index (χ3v) is 18.6. The fraction of sp³-hybridized carbons (Fsp3) is 0.694. The second kappa shape index (κ2) is 33.8. The fourth-order valence-electron chi connectivity index (χ4n) is 13.2. The fourth-order valence-corrected chi connectivity index (χ4v) is 13.2. The minimum absolute atomic E-state index is 0. The number of nitrogens with two attached hydrogens (primary N) is 1. The van der Waals surface area contributed by atoms with Crippen LogP contribution < -0.4 is 16.4 Å². The van der Waals surface area contributed by atoms with Gasteiger partial charge in [0.2, 0.25) is 11.8 Å². The van der Waals surface area contributed by atoms with E-state index in [1.54, 1.807) is 26.8 Å². The third-order valence-electron chi connectivity index (χ3n) is 18.6. The molecule has 27 heteroatoms. The van der Waals surface area contributed by atoms with E-state index < -0.39 is 111 Å². The van der Waals surface area contributed by atoms with Gasteiger partial charge < -0.3 is 88.4 Å². The standard InChI is InChI=1S/C60H91N7O17.2CN.Co/c1-34-49-37(16-18-43(69)77-10)55(4,5)40(64-49)31-41-60(76,23-21-46(72)80-13)58(8,32-42(68)62-24-26-83-28-29-84-27-25-63-54(75)36(3)61)52(65-41)35(2)50-38(17-19-44(70)78-11)57(7,33-48(74)82-15)59(9,67-50)53-39(30-47(73)81-14)56(6,51(34)66-53)22-20-45(71)79-12;2*1-2;/h31,36-39,53,76H,16-30,32-33,61H2,1-15H3,(H3,62,63,64,65,66,67,68,75);;;/q;2*-1;+3/p-1/t36-,37-,38-,39+,53?,56-,57+,58-,59+,60+;;;/m1.../s1. The van der Waals surface area contributed by atoms with Crippen LogP contribution in [0.5, 0.6) is 0 Å². The molecule has 0 saturated carbocycles. The van der Waals surface area contributed by atoms with Gasteiger partial charge in [0.1, 0.15) is 5.60 Å². The minimum Gasteiger partial charge on any atom is -0.682 e. The molecule has 1 saturated heterocycles. The summed E-state index contributed by atoms with van der Waals surface area (Å²) in [6.07, 6.45) is 0.303. The van der Waals surface area contributed by atoms with Crippen LogP contribution in [-0.4, -0.2) is 175 Å². The van der Waals surface area contributed by atoms with E-state index in [1.807, 2.05) is 41.5 Å². The van der Waals surface area contributed by atoms with Crippen LogP contribution in [0.25, 0.3) is 5.32 Å². The summed E-state index contributed by atoms with van der Waals surface area (Å²) in [5, 5.41) is 37.6. The number of nitrogens with zero attached hydrogens (tertiary/aromatic N) is 6. The molecule has 1 unspecified atom stereocenters. The van der Waals surface area contributed by atoms with Crippen molar-refractivity contribution in [3.63, 3.8) is 0 Å². The van der Waals surface area contributed by atoms with Crippen molar-refractivity contribution in [1.29, 1.82) is 10.5 Å². The predicted molar refractivity (Wildman–Crippen MR) is 319 cm³/mol. The summed E-state index contributed by atoms with van der Waals surface area (Å²) in [7, 11) is 7.64. The Morgan fingerprint density at radius 1 is 0.663 bits per heavy atom. The number of amides is 2. The zero-order valence-electron chi connectivity index (χ0n) is 54.1. The summed E-state index contributed by atoms with van der Waals surface area (Å²) in [6.45, 7) is 27.0. The van der Waals surface area contributed by atoms with E-state index in [4.69, 9.17) is 87.6 Å². The summed E-state index contributed by atoms with van der Waals surface area (Å²) in [5.41, 5.74) is -0.0998. The summed E-state index contributed by atoms with van der Waals surface area (Å²) < 4.78 is 42.8. The number of carbonyl (C=O) groups is 8. The second-order valence-corrected chi connectivity index (χ2v) is 23.9. The number of fused-ring (bicyclic) bond motifs is 6. The molecule has 0 radical (unpaired) electrons. The van der Waals surface area contributed by atoms with Gasteiger partial charge in [-0.15, -0.1) is 0 Å². The van der Waals surface area contributed by atoms with Crippen molar-refractivity contribution in [3.05, 3.63) is 52.8 Å². The number of nitrogens with one attached hydrogen (secondary N) is 2. The van der Waals surface area contributed by atoms with Gasteiger partial charge in [0.25, 0.3) is 0 Å². The largest absolute Gasteiger partial charge is 3.00 e. The Morgan fingerprint density at radius 3 is 1.67 bits per heavy atom. The van der Waals surface area contributed by atoms with E-state index >= 15 is 0 Å². The van der Waals surface area contributed by atoms with Gasteiger partial charge in [-0.3, -0.25) is 53.3 Å². The number of rotatable bonds is 28. The van der Waals surface area contributed by atoms with Crippen LogP contribution in [0.2, 0.25) is 0 Å². The van der Waals surface area contributed by atoms with E-state index in [2.05, 4.69) is 10.6 Å². The Morgan fingerprint density at radius 2 is 1.16 bits per heavy atom. The number of allylic oxidation sites excluding steroid dienone is 4. The topological polar surface area (TPSA) is 379 Å². The molecule has 0 spiro atoms. The van der Waals surface area contributed by atoms with Gasteiger partial charge in [0, 0.05) is 91.4 Å². The maximum absolute atomic E-state index is 14.6. The van der Waals surface area contributed by atoms with Crippen molar-refractivity contribution in [1.82, 2.24) is 10.6 Å². The Labute approximate surface area is 533 Å². The van der Waals surface area contributed by atoms with Gasteiger partial charge >= 0.3 is 52.6 Å². The van der Waals surface area contributed by atoms with Crippen LogP contribution in [0.3, 0.4) is 0 Å². The van der Waals surface area contributed by atoms with Gasteiger partial charge in [-0.2, -0.15) is 5.70 Å². The molecule has 5 aliphatic rings. The van der Waals surface area contributed by atoms with Gasteiger partial charge in [-0.05, 0) is 81.9 Å². The van der Waals surface area contributed by atoms with Gasteiger partial charge in [0.15, 0.2) is 0 Å². The first-order valence-electron chi connectivity index (χ1n) is 29.1. The zero-order valence-corrected chi connectivity index (χ0v) is 55.1. The van der Waals surface area contributed by atoms with Crippen LogP contribution >= 0.6 is 0 Å². The summed E-state index contributed by atoms with van der Waals surface area (Å²) >= 11 is 0. The monoisotopic (exact) mass is 1290 g/mol. The van der Waals surface area contributed by atoms with Crippen molar-refractivity contribution in [2.75, 3.05) is 82.2 Å². The van der Waals surface area contributed by atoms with Crippen LogP contribution in [-0.2, 0) is 93.0 Å². The number of aliphatic imine (C=N–C) groups is 3. The molecular weight excluding hydrogens is 1200 g/mol. The number of ether oxygens (including phenoxy) is 8. The molecular formula is C62H90CoN9O17. The Bertz CT molecular complexity index is 2840. The van der Waals surface area contributed by atoms with E-state index in [1.165, 1.54) is 42.7 Å². The van der Waals surface area contributed by atoms with Crippen molar-refractivity contribution < 1.29 is 98.1 Å². The maximum Gasteiger partial charge on any atom is 3.00 e. The number of hydrogen-bond donors (Lipinski definition) is 4. The van der Waals surface area contributed by atoms with E-state index in [0.29, 0.717) is 34.0 Å². The van der Waals surface area contributed by atoms with Gasteiger partial charge in [-0.25, -0.2) is 0 Å². The van der Waals surface area contributed by atoms with E-state index in [0.717, 1.165) is 0 Å². The normalized spacial score (nSPS) is 29.4. The summed E-state index contributed by atoms with van der Waals surface area (Å²) in [6, 6.07) is -1.64. The summed E-state index contributed by atoms with van der Waals surface area (Å²) in [4.78, 5) is 124. The molecule has 10 atom stereocenters. The second-order valence-electron chi connectivity index (χ2n) is 23.9. The molecule has 8 bridgehead atoms. The molecule has 26 nitrogen and oxygen atoms in total. The molecule has 5 rings (SSSR count). The molecule has 5 aliphatic heterocycles. The first kappa shape index (κ1) is 78.2. The summed E-state index contributed by atoms with van der Waals surface area (Å²) in [5.74, 6) is -6.33. The smallest absolute Gasteiger partial charge is 0.682 e. The minimum atomic E-state index is -2.14. The molecule has 2 amide bonds. The van der Waals surface area contributed by atoms with Crippen LogP contribution in [0.4, 0.5) is 0 Å². The first-order chi connectivity index (χ1) is 41.4. The van der Waals surface area contributed by atoms with E-state index in [9.17, 15) is 43.5 Å². The van der Waals surface area contributed by atoms with Crippen molar-refractivity contribution in [3.8, 4) is 0 Å². The van der Waals surface area contributed by atoms with Gasteiger partial charge in [-0.1, -0.05) is 40.7 Å². The van der Waals surface area contributed by atoms with Gasteiger partial charge in [0.05, 0.1) is 104 Å². The molecule has 0 aromatic rings. The number of hydrogen-bond acceptors (Lipinski definition) is 23. The van der Waals surface area contributed by atoms with Crippen molar-refractivity contribution in [2.45, 2.75) is 156 Å². The number of carbonyl (C=O) groups excluding carboxylic acids is 8. The maximum atomic E-state index is 14.6.